The molecule has 0 N–H and O–H groups in total. The lowest BCUT2D eigenvalue weighted by atomic mass is 9.41. The highest BCUT2D eigenvalue weighted by atomic mass is 32.2. The third kappa shape index (κ3) is 5.80. The van der Waals surface area contributed by atoms with Gasteiger partial charge in [-0.05, 0) is 116 Å². The highest BCUT2D eigenvalue weighted by Crippen LogP contribution is 2.70. The van der Waals surface area contributed by atoms with Gasteiger partial charge in [0.1, 0.15) is 12.2 Å². The third-order valence-corrected chi connectivity index (χ3v) is 14.6. The third-order valence-electron chi connectivity index (χ3n) is 12.9. The van der Waals surface area contributed by atoms with Crippen LogP contribution in [0.15, 0.2) is 30.3 Å². The fraction of sp³-hybridized carbons (Fsp3) is 0.771. The molecule has 0 aromatic heterocycles. The number of rotatable bonds is 12. The molecule has 4 aliphatic carbocycles. The number of fused-ring (bicyclic) bond motifs is 5. The van der Waals surface area contributed by atoms with E-state index >= 15 is 0 Å². The molecular weight excluding hydrogens is 548 g/mol. The second-order valence-electron chi connectivity index (χ2n) is 14.7. The van der Waals surface area contributed by atoms with Crippen molar-refractivity contribution in [3.8, 4) is 0 Å². The van der Waals surface area contributed by atoms with Crippen LogP contribution in [-0.4, -0.2) is 39.3 Å². The Hall–Kier alpha value is -1.89. The first-order valence-corrected chi connectivity index (χ1v) is 18.3. The molecule has 0 amide bonds. The molecule has 4 saturated carbocycles. The number of sulfone groups is 1. The van der Waals surface area contributed by atoms with Crippen LogP contribution in [-0.2, 0) is 34.7 Å². The van der Waals surface area contributed by atoms with Crippen LogP contribution >= 0.6 is 0 Å². The maximum Gasteiger partial charge on any atom is 0.293 e. The Kier molecular flexibility index (Phi) is 9.47. The summed E-state index contributed by atoms with van der Waals surface area (Å²) in [4.78, 5) is 23.1. The summed E-state index contributed by atoms with van der Waals surface area (Å²) in [5.74, 6) is 3.39. The SMILES string of the molecule is CC[C@H]1[C@@H](OC=O)[C@@H]2[C@H](CC[C@]3(C)[C@@H]([C@H](C)CCCS(=O)(=O)Cc4ccccc4)CC[C@@H]23)[C@@]2(C)CC[C@@H](OC=O)C[C@@H]12. The van der Waals surface area contributed by atoms with Crippen LogP contribution in [0, 0.1) is 52.3 Å². The molecule has 1 aromatic rings. The van der Waals surface area contributed by atoms with E-state index in [1.165, 1.54) is 12.8 Å². The van der Waals surface area contributed by atoms with Crippen LogP contribution in [0.4, 0.5) is 0 Å². The normalized spacial score (nSPS) is 40.2. The lowest BCUT2D eigenvalue weighted by Crippen LogP contribution is -2.62. The van der Waals surface area contributed by atoms with Gasteiger partial charge in [-0.15, -0.1) is 0 Å². The summed E-state index contributed by atoms with van der Waals surface area (Å²) in [5.41, 5.74) is 1.20. The number of ether oxygens (including phenoxy) is 2. The standard InChI is InChI=1S/C35H52O6S/c1-5-27-31-20-26(40-22-36)15-17-35(31,4)30-16-18-34(3)28(13-14-29(34)32(30)33(27)41-23-37)24(2)10-9-19-42(38,39)21-25-11-7-6-8-12-25/h6-8,11-12,22-24,26-33H,5,9-10,13-21H2,1-4H3/t24-,26-,27-,28-,29+,30+,31+,32+,33-,34-,35-/m1/s1. The van der Waals surface area contributed by atoms with Gasteiger partial charge in [-0.2, -0.15) is 0 Å². The van der Waals surface area contributed by atoms with Crippen LogP contribution in [0.25, 0.3) is 0 Å². The van der Waals surface area contributed by atoms with E-state index in [1.54, 1.807) is 0 Å². The Morgan fingerprint density at radius 2 is 1.62 bits per heavy atom. The summed E-state index contributed by atoms with van der Waals surface area (Å²) in [5, 5.41) is 0. The molecule has 0 radical (unpaired) electrons. The number of hydrogen-bond donors (Lipinski definition) is 0. The van der Waals surface area contributed by atoms with Gasteiger partial charge in [0.25, 0.3) is 12.9 Å². The minimum atomic E-state index is -3.13. The highest BCUT2D eigenvalue weighted by Gasteiger charge is 2.66. The first kappa shape index (κ1) is 31.5. The summed E-state index contributed by atoms with van der Waals surface area (Å²) in [6, 6.07) is 9.48. The second kappa shape index (κ2) is 12.6. The Labute approximate surface area is 253 Å². The van der Waals surface area contributed by atoms with Crippen molar-refractivity contribution >= 4 is 22.8 Å². The van der Waals surface area contributed by atoms with Gasteiger partial charge in [0, 0.05) is 5.92 Å². The van der Waals surface area contributed by atoms with E-state index in [2.05, 4.69) is 27.7 Å². The summed E-state index contributed by atoms with van der Waals surface area (Å²) >= 11 is 0. The quantitative estimate of drug-likeness (QED) is 0.240. The van der Waals surface area contributed by atoms with Crippen LogP contribution < -0.4 is 0 Å². The molecule has 0 bridgehead atoms. The van der Waals surface area contributed by atoms with Crippen LogP contribution in [0.2, 0.25) is 0 Å². The monoisotopic (exact) mass is 600 g/mol. The van der Waals surface area contributed by atoms with Gasteiger partial charge in [-0.3, -0.25) is 9.59 Å². The average molecular weight is 601 g/mol. The minimum Gasteiger partial charge on any atom is -0.465 e. The molecule has 234 valence electrons. The van der Waals surface area contributed by atoms with Crippen molar-refractivity contribution in [1.29, 1.82) is 0 Å². The van der Waals surface area contributed by atoms with Gasteiger partial charge in [0.2, 0.25) is 0 Å². The number of benzene rings is 1. The van der Waals surface area contributed by atoms with Gasteiger partial charge in [0.15, 0.2) is 9.84 Å². The Balaban J connectivity index is 1.30. The summed E-state index contributed by atoms with van der Waals surface area (Å²) in [7, 11) is -3.13. The van der Waals surface area contributed by atoms with Gasteiger partial charge < -0.3 is 9.47 Å². The fourth-order valence-electron chi connectivity index (χ4n) is 11.1. The Morgan fingerprint density at radius 3 is 2.31 bits per heavy atom. The van der Waals surface area contributed by atoms with E-state index < -0.39 is 9.84 Å². The lowest BCUT2D eigenvalue weighted by molar-refractivity contribution is -0.213. The summed E-state index contributed by atoms with van der Waals surface area (Å²) in [6.45, 7) is 10.8. The number of carbonyl (C=O) groups is 2. The first-order valence-electron chi connectivity index (χ1n) is 16.5. The Morgan fingerprint density at radius 1 is 0.929 bits per heavy atom. The molecule has 0 heterocycles. The van der Waals surface area contributed by atoms with Gasteiger partial charge in [0.05, 0.1) is 11.5 Å². The average Bonchev–Trinajstić information content (AvgIpc) is 3.31. The fourth-order valence-corrected chi connectivity index (χ4v) is 12.5. The van der Waals surface area contributed by atoms with Crippen molar-refractivity contribution in [2.75, 3.05) is 5.75 Å². The zero-order valence-electron chi connectivity index (χ0n) is 26.1. The molecule has 4 fully saturated rings. The van der Waals surface area contributed by atoms with Crippen LogP contribution in [0.1, 0.15) is 97.5 Å². The van der Waals surface area contributed by atoms with Crippen molar-refractivity contribution < 1.29 is 27.5 Å². The topological polar surface area (TPSA) is 86.7 Å². The molecule has 5 rings (SSSR count). The molecule has 11 atom stereocenters. The Bertz CT molecular complexity index is 1190. The molecule has 0 saturated heterocycles. The predicted octanol–water partition coefficient (Wildman–Crippen LogP) is 7.01. The largest absolute Gasteiger partial charge is 0.465 e. The zero-order chi connectivity index (χ0) is 30.1. The van der Waals surface area contributed by atoms with Gasteiger partial charge in [-0.1, -0.05) is 58.0 Å². The lowest BCUT2D eigenvalue weighted by Gasteiger charge is -2.65. The van der Waals surface area contributed by atoms with E-state index in [0.717, 1.165) is 50.5 Å². The molecule has 42 heavy (non-hydrogen) atoms. The van der Waals surface area contributed by atoms with Crippen molar-refractivity contribution in [2.45, 2.75) is 110 Å². The molecule has 6 nitrogen and oxygen atoms in total. The van der Waals surface area contributed by atoms with Crippen LogP contribution in [0.3, 0.4) is 0 Å². The number of hydrogen-bond acceptors (Lipinski definition) is 6. The van der Waals surface area contributed by atoms with E-state index in [1.807, 2.05) is 30.3 Å². The van der Waals surface area contributed by atoms with E-state index in [4.69, 9.17) is 9.47 Å². The van der Waals surface area contributed by atoms with Gasteiger partial charge >= 0.3 is 0 Å². The smallest absolute Gasteiger partial charge is 0.293 e. The van der Waals surface area contributed by atoms with E-state index in [9.17, 15) is 18.0 Å². The molecule has 7 heteroatoms. The second-order valence-corrected chi connectivity index (χ2v) is 16.9. The molecule has 1 aromatic carbocycles. The number of carbonyl (C=O) groups excluding carboxylic acids is 2. The first-order chi connectivity index (χ1) is 20.1. The molecule has 4 aliphatic rings. The van der Waals surface area contributed by atoms with Crippen molar-refractivity contribution in [3.63, 3.8) is 0 Å². The van der Waals surface area contributed by atoms with Crippen molar-refractivity contribution in [3.05, 3.63) is 35.9 Å². The highest BCUT2D eigenvalue weighted by molar-refractivity contribution is 7.90. The van der Waals surface area contributed by atoms with E-state index in [0.29, 0.717) is 54.9 Å². The van der Waals surface area contributed by atoms with Crippen molar-refractivity contribution in [1.82, 2.24) is 0 Å². The minimum absolute atomic E-state index is 0.0369. The maximum absolute atomic E-state index is 12.8. The van der Waals surface area contributed by atoms with Gasteiger partial charge in [-0.25, -0.2) is 8.42 Å². The zero-order valence-corrected chi connectivity index (χ0v) is 26.9. The summed E-state index contributed by atoms with van der Waals surface area (Å²) < 4.78 is 37.3. The molecule has 0 unspecified atom stereocenters. The molecular formula is C35H52O6S. The van der Waals surface area contributed by atoms with Crippen molar-refractivity contribution in [2.24, 2.45) is 52.3 Å². The summed E-state index contributed by atoms with van der Waals surface area (Å²) in [6.07, 6.45) is 9.96. The molecule has 0 spiro atoms. The van der Waals surface area contributed by atoms with Crippen LogP contribution in [0.5, 0.6) is 0 Å². The van der Waals surface area contributed by atoms with E-state index in [-0.39, 0.29) is 40.5 Å². The molecule has 0 aliphatic heterocycles. The maximum atomic E-state index is 12.8. The predicted molar refractivity (Wildman–Crippen MR) is 164 cm³/mol.